The van der Waals surface area contributed by atoms with Crippen LogP contribution in [0.4, 0.5) is 0 Å². The van der Waals surface area contributed by atoms with E-state index >= 15 is 0 Å². The van der Waals surface area contributed by atoms with Crippen LogP contribution in [0.3, 0.4) is 0 Å². The van der Waals surface area contributed by atoms with Crippen molar-refractivity contribution in [2.75, 3.05) is 13.7 Å². The first-order chi connectivity index (χ1) is 9.54. The molecule has 1 aromatic rings. The molecular weight excluding hydrogens is 256 g/mol. The number of rotatable bonds is 4. The zero-order valence-electron chi connectivity index (χ0n) is 12.0. The van der Waals surface area contributed by atoms with Crippen LogP contribution < -0.4 is 5.32 Å². The first-order valence-electron chi connectivity index (χ1n) is 6.73. The van der Waals surface area contributed by atoms with Gasteiger partial charge in [0, 0.05) is 13.7 Å². The van der Waals surface area contributed by atoms with Crippen molar-refractivity contribution < 1.29 is 14.3 Å². The lowest BCUT2D eigenvalue weighted by atomic mass is 9.99. The Labute approximate surface area is 118 Å². The topological polar surface area (TPSA) is 58.6 Å². The molecule has 0 saturated carbocycles. The molecule has 1 aliphatic rings. The van der Waals surface area contributed by atoms with Crippen molar-refractivity contribution in [1.82, 2.24) is 10.2 Å². The number of ether oxygens (including phenoxy) is 1. The van der Waals surface area contributed by atoms with Gasteiger partial charge in [0.05, 0.1) is 6.10 Å². The molecule has 3 unspecified atom stereocenters. The summed E-state index contributed by atoms with van der Waals surface area (Å²) < 4.78 is 5.23. The number of amides is 2. The molecule has 1 heterocycles. The lowest BCUT2D eigenvalue weighted by molar-refractivity contribution is -0.150. The molecular formula is C15H20N2O3. The van der Waals surface area contributed by atoms with E-state index in [9.17, 15) is 9.59 Å². The Bertz CT molecular complexity index is 489. The normalized spacial score (nSPS) is 24.4. The molecule has 0 aromatic heterocycles. The quantitative estimate of drug-likeness (QED) is 0.896. The molecule has 0 radical (unpaired) electrons. The van der Waals surface area contributed by atoms with Crippen LogP contribution in [-0.2, 0) is 14.3 Å². The van der Waals surface area contributed by atoms with Crippen LogP contribution >= 0.6 is 0 Å². The fourth-order valence-corrected chi connectivity index (χ4v) is 2.39. The molecule has 2 amide bonds. The SMILES string of the molecule is COC(C)CN1C(=O)C(C)NC(=O)C1c1ccccc1. The summed E-state index contributed by atoms with van der Waals surface area (Å²) in [4.78, 5) is 26.3. The molecule has 20 heavy (non-hydrogen) atoms. The summed E-state index contributed by atoms with van der Waals surface area (Å²) in [6.07, 6.45) is -0.122. The highest BCUT2D eigenvalue weighted by atomic mass is 16.5. The van der Waals surface area contributed by atoms with Crippen molar-refractivity contribution in [3.63, 3.8) is 0 Å². The summed E-state index contributed by atoms with van der Waals surface area (Å²) in [6, 6.07) is 8.25. The maximum Gasteiger partial charge on any atom is 0.248 e. The molecule has 0 bridgehead atoms. The minimum atomic E-state index is -0.586. The minimum absolute atomic E-state index is 0.0812. The molecule has 1 saturated heterocycles. The molecule has 5 nitrogen and oxygen atoms in total. The summed E-state index contributed by atoms with van der Waals surface area (Å²) in [5.74, 6) is -0.228. The van der Waals surface area contributed by atoms with Gasteiger partial charge in [-0.3, -0.25) is 9.59 Å². The first-order valence-corrected chi connectivity index (χ1v) is 6.73. The van der Waals surface area contributed by atoms with Crippen molar-refractivity contribution in [1.29, 1.82) is 0 Å². The number of nitrogens with zero attached hydrogens (tertiary/aromatic N) is 1. The van der Waals surface area contributed by atoms with Crippen molar-refractivity contribution in [3.8, 4) is 0 Å². The Morgan fingerprint density at radius 1 is 1.30 bits per heavy atom. The summed E-state index contributed by atoms with van der Waals surface area (Å²) in [5, 5.41) is 2.73. The second-order valence-electron chi connectivity index (χ2n) is 5.08. The molecule has 5 heteroatoms. The smallest absolute Gasteiger partial charge is 0.248 e. The predicted molar refractivity (Wildman–Crippen MR) is 75.0 cm³/mol. The number of nitrogens with one attached hydrogen (secondary N) is 1. The number of methoxy groups -OCH3 is 1. The molecule has 1 N–H and O–H groups in total. The molecule has 0 spiro atoms. The molecule has 2 rings (SSSR count). The number of hydrogen-bond donors (Lipinski definition) is 1. The van der Waals surface area contributed by atoms with E-state index in [2.05, 4.69) is 5.32 Å². The van der Waals surface area contributed by atoms with Gasteiger partial charge in [-0.05, 0) is 19.4 Å². The Hall–Kier alpha value is -1.88. The van der Waals surface area contributed by atoms with Gasteiger partial charge in [0.15, 0.2) is 0 Å². The van der Waals surface area contributed by atoms with Crippen molar-refractivity contribution >= 4 is 11.8 Å². The minimum Gasteiger partial charge on any atom is -0.380 e. The van der Waals surface area contributed by atoms with Crippen LogP contribution in [0.25, 0.3) is 0 Å². The van der Waals surface area contributed by atoms with E-state index in [0.717, 1.165) is 5.56 Å². The fourth-order valence-electron chi connectivity index (χ4n) is 2.39. The van der Waals surface area contributed by atoms with Gasteiger partial charge in [-0.25, -0.2) is 0 Å². The summed E-state index contributed by atoms with van der Waals surface area (Å²) in [5.41, 5.74) is 0.813. The summed E-state index contributed by atoms with van der Waals surface area (Å²) in [6.45, 7) is 3.98. The zero-order chi connectivity index (χ0) is 14.7. The van der Waals surface area contributed by atoms with Crippen molar-refractivity contribution in [2.45, 2.75) is 32.0 Å². The van der Waals surface area contributed by atoms with Crippen molar-refractivity contribution in [2.24, 2.45) is 0 Å². The third kappa shape index (κ3) is 2.82. The summed E-state index contributed by atoms with van der Waals surface area (Å²) >= 11 is 0. The van der Waals surface area contributed by atoms with E-state index in [1.807, 2.05) is 37.3 Å². The van der Waals surface area contributed by atoms with Gasteiger partial charge < -0.3 is 15.0 Å². The number of benzene rings is 1. The number of hydrogen-bond acceptors (Lipinski definition) is 3. The molecule has 1 aliphatic heterocycles. The highest BCUT2D eigenvalue weighted by molar-refractivity contribution is 5.97. The second-order valence-corrected chi connectivity index (χ2v) is 5.08. The van der Waals surface area contributed by atoms with Crippen LogP contribution in [0, 0.1) is 0 Å². The number of carbonyl (C=O) groups excluding carboxylic acids is 2. The van der Waals surface area contributed by atoms with Gasteiger partial charge in [-0.15, -0.1) is 0 Å². The van der Waals surface area contributed by atoms with Crippen LogP contribution in [0.2, 0.25) is 0 Å². The van der Waals surface area contributed by atoms with E-state index in [1.165, 1.54) is 0 Å². The van der Waals surface area contributed by atoms with E-state index in [0.29, 0.717) is 6.54 Å². The summed E-state index contributed by atoms with van der Waals surface area (Å²) in [7, 11) is 1.60. The van der Waals surface area contributed by atoms with Gasteiger partial charge in [-0.2, -0.15) is 0 Å². The van der Waals surface area contributed by atoms with Gasteiger partial charge in [0.1, 0.15) is 12.1 Å². The average Bonchev–Trinajstić information content (AvgIpc) is 2.45. The van der Waals surface area contributed by atoms with E-state index in [4.69, 9.17) is 4.74 Å². The second kappa shape index (κ2) is 6.05. The first kappa shape index (κ1) is 14.5. The molecule has 0 aliphatic carbocycles. The lowest BCUT2D eigenvalue weighted by Gasteiger charge is -2.39. The molecule has 1 fully saturated rings. The van der Waals surface area contributed by atoms with Gasteiger partial charge in [0.25, 0.3) is 0 Å². The highest BCUT2D eigenvalue weighted by Gasteiger charge is 2.39. The Morgan fingerprint density at radius 2 is 1.95 bits per heavy atom. The van der Waals surface area contributed by atoms with Crippen LogP contribution in [0.5, 0.6) is 0 Å². The average molecular weight is 276 g/mol. The van der Waals surface area contributed by atoms with Gasteiger partial charge >= 0.3 is 0 Å². The Balaban J connectivity index is 2.33. The van der Waals surface area contributed by atoms with Crippen LogP contribution in [-0.4, -0.2) is 42.5 Å². The van der Waals surface area contributed by atoms with Crippen LogP contribution in [0.1, 0.15) is 25.5 Å². The third-order valence-corrected chi connectivity index (χ3v) is 3.54. The maximum absolute atomic E-state index is 12.4. The van der Waals surface area contributed by atoms with Crippen LogP contribution in [0.15, 0.2) is 30.3 Å². The lowest BCUT2D eigenvalue weighted by Crippen LogP contribution is -2.59. The standard InChI is InChI=1S/C15H20N2O3/c1-10(20-3)9-17-13(12-7-5-4-6-8-12)14(18)16-11(2)15(17)19/h4-8,10-11,13H,9H2,1-3H3,(H,16,18). The largest absolute Gasteiger partial charge is 0.380 e. The van der Waals surface area contributed by atoms with Gasteiger partial charge in [-0.1, -0.05) is 30.3 Å². The monoisotopic (exact) mass is 276 g/mol. The number of carbonyl (C=O) groups is 2. The predicted octanol–water partition coefficient (Wildman–Crippen LogP) is 1.11. The maximum atomic E-state index is 12.4. The fraction of sp³-hybridized carbons (Fsp3) is 0.467. The van der Waals surface area contributed by atoms with E-state index in [1.54, 1.807) is 18.9 Å². The molecule has 3 atom stereocenters. The van der Waals surface area contributed by atoms with E-state index in [-0.39, 0.29) is 17.9 Å². The number of piperazine rings is 1. The highest BCUT2D eigenvalue weighted by Crippen LogP contribution is 2.25. The molecule has 1 aromatic carbocycles. The van der Waals surface area contributed by atoms with Gasteiger partial charge in [0.2, 0.25) is 11.8 Å². The van der Waals surface area contributed by atoms with Crippen molar-refractivity contribution in [3.05, 3.63) is 35.9 Å². The van der Waals surface area contributed by atoms with E-state index < -0.39 is 12.1 Å². The Kier molecular flexibility index (Phi) is 4.39. The third-order valence-electron chi connectivity index (χ3n) is 3.54. The zero-order valence-corrected chi connectivity index (χ0v) is 12.0. The Morgan fingerprint density at radius 3 is 2.55 bits per heavy atom. The molecule has 108 valence electrons.